The number of aryl methyl sites for hydroxylation is 1. The number of rotatable bonds is 2. The third-order valence-electron chi connectivity index (χ3n) is 5.94. The largest absolute Gasteiger partial charge is 0.368 e. The molecule has 8 nitrogen and oxygen atoms in total. The molecule has 29 heavy (non-hydrogen) atoms. The Kier molecular flexibility index (Phi) is 5.16. The highest BCUT2D eigenvalue weighted by molar-refractivity contribution is 6.09. The molecule has 4 heterocycles. The van der Waals surface area contributed by atoms with Gasteiger partial charge in [-0.2, -0.15) is 5.10 Å². The maximum absolute atomic E-state index is 15.4. The highest BCUT2D eigenvalue weighted by atomic mass is 19.1. The molecule has 3 aliphatic heterocycles. The van der Waals surface area contributed by atoms with Gasteiger partial charge in [0.05, 0.1) is 5.69 Å². The summed E-state index contributed by atoms with van der Waals surface area (Å²) in [6, 6.07) is 3.09. The monoisotopic (exact) mass is 402 g/mol. The molecule has 3 saturated heterocycles. The van der Waals surface area contributed by atoms with Gasteiger partial charge in [0.15, 0.2) is 11.6 Å². The van der Waals surface area contributed by atoms with Gasteiger partial charge in [-0.15, -0.1) is 0 Å². The Balaban J connectivity index is 0.000000994. The number of hydrogen-bond donors (Lipinski definition) is 2. The second-order valence-electron chi connectivity index (χ2n) is 7.58. The molecule has 156 valence electrons. The van der Waals surface area contributed by atoms with Crippen LogP contribution >= 0.6 is 0 Å². The predicted octanol–water partition coefficient (Wildman–Crippen LogP) is 1.84. The number of anilines is 2. The number of carbonyl (C=O) groups is 2. The molecule has 1 aromatic heterocycles. The zero-order chi connectivity index (χ0) is 20.7. The number of benzene rings is 1. The summed E-state index contributed by atoms with van der Waals surface area (Å²) in [5.74, 6) is 0.896. The molecule has 3 amide bonds. The molecule has 9 heteroatoms. The molecule has 5 rings (SSSR count). The first kappa shape index (κ1) is 19.6. The lowest BCUT2D eigenvalue weighted by molar-refractivity contribution is -0.120. The molecule has 1 aromatic carbocycles. The van der Waals surface area contributed by atoms with Crippen LogP contribution in [0.1, 0.15) is 20.3 Å². The molecule has 0 bridgehead atoms. The maximum Gasteiger partial charge on any atom is 0.329 e. The van der Waals surface area contributed by atoms with Crippen molar-refractivity contribution in [3.63, 3.8) is 0 Å². The van der Waals surface area contributed by atoms with E-state index < -0.39 is 6.03 Å². The third kappa shape index (κ3) is 3.23. The van der Waals surface area contributed by atoms with Gasteiger partial charge in [-0.05, 0) is 24.0 Å². The average molecular weight is 402 g/mol. The summed E-state index contributed by atoms with van der Waals surface area (Å²) in [5, 5.41) is 10.6. The van der Waals surface area contributed by atoms with Crippen LogP contribution in [0.5, 0.6) is 0 Å². The van der Waals surface area contributed by atoms with Crippen LogP contribution in [0.15, 0.2) is 12.1 Å². The van der Waals surface area contributed by atoms with Crippen molar-refractivity contribution in [3.05, 3.63) is 17.9 Å². The minimum absolute atomic E-state index is 0.203. The second-order valence-corrected chi connectivity index (χ2v) is 7.58. The summed E-state index contributed by atoms with van der Waals surface area (Å²) in [5.41, 5.74) is 0.965. The maximum atomic E-state index is 15.4. The van der Waals surface area contributed by atoms with E-state index in [0.717, 1.165) is 26.2 Å². The molecule has 3 fully saturated rings. The first-order valence-corrected chi connectivity index (χ1v) is 10.2. The third-order valence-corrected chi connectivity index (χ3v) is 5.94. The van der Waals surface area contributed by atoms with E-state index in [1.165, 1.54) is 9.58 Å². The van der Waals surface area contributed by atoms with E-state index in [1.54, 1.807) is 13.1 Å². The number of hydrogen-bond acceptors (Lipinski definition) is 5. The van der Waals surface area contributed by atoms with E-state index in [2.05, 4.69) is 20.6 Å². The van der Waals surface area contributed by atoms with Gasteiger partial charge in [-0.1, -0.05) is 13.8 Å². The molecule has 3 aliphatic rings. The highest BCUT2D eigenvalue weighted by Gasteiger charge is 2.37. The zero-order valence-corrected chi connectivity index (χ0v) is 17.0. The van der Waals surface area contributed by atoms with E-state index in [0.29, 0.717) is 34.2 Å². The van der Waals surface area contributed by atoms with Crippen molar-refractivity contribution >= 4 is 34.3 Å². The van der Waals surface area contributed by atoms with Gasteiger partial charge in [0, 0.05) is 51.6 Å². The lowest BCUT2D eigenvalue weighted by atomic mass is 10.0. The molecule has 2 N–H and O–H groups in total. The fourth-order valence-electron chi connectivity index (χ4n) is 4.56. The van der Waals surface area contributed by atoms with Gasteiger partial charge in [0.25, 0.3) is 0 Å². The summed E-state index contributed by atoms with van der Waals surface area (Å²) < 4.78 is 16.9. The molecule has 2 unspecified atom stereocenters. The minimum Gasteiger partial charge on any atom is -0.368 e. The van der Waals surface area contributed by atoms with Crippen LogP contribution in [-0.4, -0.2) is 54.4 Å². The van der Waals surface area contributed by atoms with Gasteiger partial charge in [0.2, 0.25) is 5.91 Å². The molecular formula is C20H27FN6O2. The second kappa shape index (κ2) is 7.62. The molecule has 0 radical (unpaired) electrons. The molecular weight excluding hydrogens is 375 g/mol. The first-order chi connectivity index (χ1) is 14.0. The number of halogens is 1. The van der Waals surface area contributed by atoms with E-state index in [-0.39, 0.29) is 24.7 Å². The molecule has 0 aliphatic carbocycles. The van der Waals surface area contributed by atoms with E-state index in [9.17, 15) is 9.59 Å². The summed E-state index contributed by atoms with van der Waals surface area (Å²) >= 11 is 0. The van der Waals surface area contributed by atoms with Gasteiger partial charge in [-0.3, -0.25) is 19.7 Å². The van der Waals surface area contributed by atoms with Crippen LogP contribution in [0.3, 0.4) is 0 Å². The van der Waals surface area contributed by atoms with Crippen LogP contribution < -0.4 is 20.4 Å². The Bertz CT molecular complexity index is 946. The number of urea groups is 1. The van der Waals surface area contributed by atoms with E-state index >= 15 is 4.39 Å². The average Bonchev–Trinajstić information content (AvgIpc) is 3.38. The first-order valence-electron chi connectivity index (χ1n) is 10.2. The molecule has 2 atom stereocenters. The normalized spacial score (nSPS) is 23.9. The van der Waals surface area contributed by atoms with Crippen molar-refractivity contribution in [3.8, 4) is 0 Å². The van der Waals surface area contributed by atoms with Crippen molar-refractivity contribution in [1.82, 2.24) is 20.4 Å². The van der Waals surface area contributed by atoms with Crippen molar-refractivity contribution < 1.29 is 14.0 Å². The SMILES string of the molecule is CC.Cn1nc(N2CCC(=O)NC2=O)c2ccc(N3CC4CNCC4C3)c(F)c21. The molecule has 0 spiro atoms. The number of fused-ring (bicyclic) bond motifs is 2. The topological polar surface area (TPSA) is 82.5 Å². The van der Waals surface area contributed by atoms with Crippen molar-refractivity contribution in [2.45, 2.75) is 20.3 Å². The Morgan fingerprint density at radius 3 is 2.48 bits per heavy atom. The van der Waals surface area contributed by atoms with Crippen LogP contribution in [0.2, 0.25) is 0 Å². The van der Waals surface area contributed by atoms with Crippen molar-refractivity contribution in [2.24, 2.45) is 18.9 Å². The Hall–Kier alpha value is -2.68. The number of nitrogens with one attached hydrogen (secondary N) is 2. The smallest absolute Gasteiger partial charge is 0.329 e. The fourth-order valence-corrected chi connectivity index (χ4v) is 4.56. The summed E-state index contributed by atoms with van der Waals surface area (Å²) in [6.07, 6.45) is 0.203. The van der Waals surface area contributed by atoms with Gasteiger partial charge < -0.3 is 10.2 Å². The quantitative estimate of drug-likeness (QED) is 0.801. The number of aromatic nitrogens is 2. The van der Waals surface area contributed by atoms with Gasteiger partial charge in [0.1, 0.15) is 5.52 Å². The lowest BCUT2D eigenvalue weighted by Gasteiger charge is -2.25. The molecule has 2 aromatic rings. The summed E-state index contributed by atoms with van der Waals surface area (Å²) in [7, 11) is 1.67. The predicted molar refractivity (Wildman–Crippen MR) is 110 cm³/mol. The minimum atomic E-state index is -0.518. The van der Waals surface area contributed by atoms with Crippen LogP contribution in [0.4, 0.5) is 20.7 Å². The highest BCUT2D eigenvalue weighted by Crippen LogP contribution is 2.37. The number of imide groups is 1. The van der Waals surface area contributed by atoms with Crippen LogP contribution in [-0.2, 0) is 11.8 Å². The summed E-state index contributed by atoms with van der Waals surface area (Å²) in [6.45, 7) is 7.92. The number of nitrogens with zero attached hydrogens (tertiary/aromatic N) is 4. The van der Waals surface area contributed by atoms with Crippen LogP contribution in [0, 0.1) is 17.7 Å². The van der Waals surface area contributed by atoms with Crippen molar-refractivity contribution in [2.75, 3.05) is 42.5 Å². The Morgan fingerprint density at radius 2 is 1.83 bits per heavy atom. The number of amides is 3. The van der Waals surface area contributed by atoms with Crippen molar-refractivity contribution in [1.29, 1.82) is 0 Å². The fraction of sp³-hybridized carbons (Fsp3) is 0.550. The van der Waals surface area contributed by atoms with E-state index in [4.69, 9.17) is 0 Å². The van der Waals surface area contributed by atoms with Gasteiger partial charge >= 0.3 is 6.03 Å². The van der Waals surface area contributed by atoms with Crippen LogP contribution in [0.25, 0.3) is 10.9 Å². The number of carbonyl (C=O) groups excluding carboxylic acids is 2. The van der Waals surface area contributed by atoms with Gasteiger partial charge in [-0.25, -0.2) is 9.18 Å². The Morgan fingerprint density at radius 1 is 1.14 bits per heavy atom. The Labute approximate surface area is 169 Å². The standard InChI is InChI=1S/C18H21FN6O2.C2H6/c1-23-16-12(17(22-23)25-5-4-14(26)21-18(25)27)2-3-13(15(16)19)24-8-10-6-20-7-11(10)9-24;1-2/h2-3,10-11,20H,4-9H2,1H3,(H,21,26,27);1-2H3. The van der Waals surface area contributed by atoms with E-state index in [1.807, 2.05) is 19.9 Å². The lowest BCUT2D eigenvalue weighted by Crippen LogP contribution is -2.49. The zero-order valence-electron chi connectivity index (χ0n) is 17.0. The molecule has 0 saturated carbocycles. The summed E-state index contributed by atoms with van der Waals surface area (Å²) in [4.78, 5) is 27.1.